The van der Waals surface area contributed by atoms with Crippen molar-refractivity contribution in [1.29, 1.82) is 0 Å². The zero-order valence-corrected chi connectivity index (χ0v) is 14.6. The summed E-state index contributed by atoms with van der Waals surface area (Å²) in [5.41, 5.74) is 4.88. The summed E-state index contributed by atoms with van der Waals surface area (Å²) in [5, 5.41) is 1.19. The van der Waals surface area contributed by atoms with Gasteiger partial charge >= 0.3 is 0 Å². The third-order valence-electron chi connectivity index (χ3n) is 4.84. The number of fused-ring (bicyclic) bond motifs is 1. The molecule has 0 amide bonds. The van der Waals surface area contributed by atoms with Crippen LogP contribution in [0.1, 0.15) is 48.1 Å². The van der Waals surface area contributed by atoms with Gasteiger partial charge in [-0.15, -0.1) is 0 Å². The van der Waals surface area contributed by atoms with Crippen LogP contribution in [0.3, 0.4) is 0 Å². The van der Waals surface area contributed by atoms with Crippen LogP contribution in [-0.4, -0.2) is 31.8 Å². The minimum Gasteiger partial charge on any atom is -0.362 e. The van der Waals surface area contributed by atoms with Gasteiger partial charge in [0.25, 0.3) is 0 Å². The van der Waals surface area contributed by atoms with E-state index >= 15 is 0 Å². The highest BCUT2D eigenvalue weighted by Gasteiger charge is 2.46. The van der Waals surface area contributed by atoms with Crippen LogP contribution < -0.4 is 0 Å². The average Bonchev–Trinajstić information content (AvgIpc) is 3.21. The summed E-state index contributed by atoms with van der Waals surface area (Å²) in [6.07, 6.45) is 3.02. The van der Waals surface area contributed by atoms with Crippen LogP contribution in [0, 0.1) is 13.8 Å². The Morgan fingerprint density at radius 1 is 1.35 bits per heavy atom. The molecule has 23 heavy (non-hydrogen) atoms. The van der Waals surface area contributed by atoms with Gasteiger partial charge in [0.2, 0.25) is 0 Å². The number of aromatic nitrogens is 2. The normalized spacial score (nSPS) is 26.5. The van der Waals surface area contributed by atoms with E-state index in [0.717, 1.165) is 17.9 Å². The molecule has 4 heterocycles. The fourth-order valence-electron chi connectivity index (χ4n) is 3.74. The smallest absolute Gasteiger partial charge is 0.160 e. The van der Waals surface area contributed by atoms with E-state index in [1.165, 1.54) is 22.1 Å². The number of H-pyrrole nitrogens is 1. The first kappa shape index (κ1) is 14.8. The molecular weight excluding hydrogens is 304 g/mol. The molecule has 2 aromatic rings. The molecule has 2 aliphatic rings. The molecule has 0 unspecified atom stereocenters. The second-order valence-corrected chi connectivity index (χ2v) is 7.36. The third-order valence-corrected chi connectivity index (χ3v) is 5.96. The number of aliphatic imine (C=N–C) groups is 1. The highest BCUT2D eigenvalue weighted by atomic mass is 32.2. The summed E-state index contributed by atoms with van der Waals surface area (Å²) in [6, 6.07) is 9.31. The molecule has 4 rings (SSSR count). The number of amidine groups is 1. The first-order chi connectivity index (χ1) is 11.2. The van der Waals surface area contributed by atoms with Crippen LogP contribution in [0.5, 0.6) is 0 Å². The van der Waals surface area contributed by atoms with Crippen molar-refractivity contribution in [2.24, 2.45) is 4.99 Å². The Balaban J connectivity index is 1.82. The van der Waals surface area contributed by atoms with Crippen LogP contribution in [0.4, 0.5) is 0 Å². The molecule has 0 spiro atoms. The molecule has 4 nitrogen and oxygen atoms in total. The zero-order chi connectivity index (χ0) is 16.0. The summed E-state index contributed by atoms with van der Waals surface area (Å²) >= 11 is 1.89. The number of rotatable bonds is 3. The van der Waals surface area contributed by atoms with Crippen molar-refractivity contribution in [3.05, 3.63) is 53.1 Å². The van der Waals surface area contributed by atoms with Gasteiger partial charge in [-0.05, 0) is 44.0 Å². The van der Waals surface area contributed by atoms with Gasteiger partial charge in [0, 0.05) is 29.4 Å². The lowest BCUT2D eigenvalue weighted by molar-refractivity contribution is 0.254. The molecule has 1 N–H and O–H groups in total. The van der Waals surface area contributed by atoms with E-state index in [-0.39, 0.29) is 12.1 Å². The first-order valence-corrected chi connectivity index (χ1v) is 9.23. The van der Waals surface area contributed by atoms with Crippen LogP contribution in [0.2, 0.25) is 0 Å². The monoisotopic (exact) mass is 326 g/mol. The molecule has 0 aromatic carbocycles. The summed E-state index contributed by atoms with van der Waals surface area (Å²) in [7, 11) is 0. The molecule has 0 radical (unpaired) electrons. The molecule has 3 atom stereocenters. The Morgan fingerprint density at radius 2 is 2.22 bits per heavy atom. The van der Waals surface area contributed by atoms with Gasteiger partial charge in [-0.1, -0.05) is 24.8 Å². The molecule has 5 heteroatoms. The molecular formula is C18H22N4S. The van der Waals surface area contributed by atoms with Crippen molar-refractivity contribution in [2.75, 3.05) is 5.75 Å². The van der Waals surface area contributed by atoms with Crippen molar-refractivity contribution >= 4 is 16.9 Å². The van der Waals surface area contributed by atoms with E-state index in [4.69, 9.17) is 4.99 Å². The standard InChI is InChI=1S/C18H22N4S/c1-4-13-10-23-18-21-16(15-7-5-6-8-19-15)17(22(13)18)14-9-11(2)20-12(14)3/h5-9,13,16-17,20H,4,10H2,1-3H3/t13-,16+,17+/m1/s1. The maximum Gasteiger partial charge on any atom is 0.160 e. The summed E-state index contributed by atoms with van der Waals surface area (Å²) in [6.45, 7) is 6.56. The van der Waals surface area contributed by atoms with E-state index in [1.807, 2.05) is 24.0 Å². The molecule has 2 aliphatic heterocycles. The van der Waals surface area contributed by atoms with E-state index in [1.54, 1.807) is 0 Å². The topological polar surface area (TPSA) is 44.3 Å². The molecule has 1 fully saturated rings. The molecule has 1 saturated heterocycles. The van der Waals surface area contributed by atoms with Crippen LogP contribution >= 0.6 is 11.8 Å². The van der Waals surface area contributed by atoms with E-state index in [0.29, 0.717) is 6.04 Å². The largest absolute Gasteiger partial charge is 0.362 e. The molecule has 0 saturated carbocycles. The summed E-state index contributed by atoms with van der Waals surface area (Å²) < 4.78 is 0. The summed E-state index contributed by atoms with van der Waals surface area (Å²) in [5.74, 6) is 1.14. The molecule has 120 valence electrons. The quantitative estimate of drug-likeness (QED) is 0.927. The first-order valence-electron chi connectivity index (χ1n) is 8.25. The van der Waals surface area contributed by atoms with Gasteiger partial charge in [-0.2, -0.15) is 0 Å². The Bertz CT molecular complexity index is 737. The Morgan fingerprint density at radius 3 is 2.87 bits per heavy atom. The predicted octanol–water partition coefficient (Wildman–Crippen LogP) is 4.01. The number of hydrogen-bond acceptors (Lipinski definition) is 4. The second-order valence-electron chi connectivity index (χ2n) is 6.37. The van der Waals surface area contributed by atoms with Gasteiger partial charge in [0.05, 0.1) is 11.7 Å². The van der Waals surface area contributed by atoms with Crippen LogP contribution in [0.25, 0.3) is 0 Å². The molecule has 2 aromatic heterocycles. The lowest BCUT2D eigenvalue weighted by atomic mass is 9.95. The van der Waals surface area contributed by atoms with Gasteiger partial charge in [-0.25, -0.2) is 0 Å². The summed E-state index contributed by atoms with van der Waals surface area (Å²) in [4.78, 5) is 15.7. The number of nitrogens with one attached hydrogen (secondary N) is 1. The minimum atomic E-state index is 0.0851. The lowest BCUT2D eigenvalue weighted by Gasteiger charge is -2.31. The number of hydrogen-bond donors (Lipinski definition) is 1. The maximum atomic E-state index is 5.06. The minimum absolute atomic E-state index is 0.0851. The van der Waals surface area contributed by atoms with E-state index in [2.05, 4.69) is 53.8 Å². The predicted molar refractivity (Wildman–Crippen MR) is 95.8 cm³/mol. The highest BCUT2D eigenvalue weighted by Crippen LogP contribution is 2.49. The SMILES string of the molecule is CC[C@@H]1CSC2=N[C@@H](c3ccccn3)[C@H](c3cc(C)[nH]c3C)N21. The zero-order valence-electron chi connectivity index (χ0n) is 13.8. The second kappa shape index (κ2) is 5.71. The fourth-order valence-corrected chi connectivity index (χ4v) is 5.08. The van der Waals surface area contributed by atoms with Crippen molar-refractivity contribution in [1.82, 2.24) is 14.9 Å². The van der Waals surface area contributed by atoms with Crippen LogP contribution in [-0.2, 0) is 0 Å². The fraction of sp³-hybridized carbons (Fsp3) is 0.444. The lowest BCUT2D eigenvalue weighted by Crippen LogP contribution is -2.35. The Kier molecular flexibility index (Phi) is 3.68. The Labute approximate surface area is 141 Å². The number of pyridine rings is 1. The maximum absolute atomic E-state index is 5.06. The third kappa shape index (κ3) is 2.38. The average molecular weight is 326 g/mol. The molecule has 0 bridgehead atoms. The Hall–Kier alpha value is -1.75. The van der Waals surface area contributed by atoms with Crippen molar-refractivity contribution in [3.8, 4) is 0 Å². The van der Waals surface area contributed by atoms with Crippen LogP contribution in [0.15, 0.2) is 35.5 Å². The van der Waals surface area contributed by atoms with Crippen molar-refractivity contribution < 1.29 is 0 Å². The van der Waals surface area contributed by atoms with Gasteiger partial charge < -0.3 is 9.88 Å². The van der Waals surface area contributed by atoms with Gasteiger partial charge in [0.15, 0.2) is 5.17 Å². The molecule has 0 aliphatic carbocycles. The van der Waals surface area contributed by atoms with Gasteiger partial charge in [0.1, 0.15) is 6.04 Å². The van der Waals surface area contributed by atoms with Crippen molar-refractivity contribution in [2.45, 2.75) is 45.3 Å². The van der Waals surface area contributed by atoms with Gasteiger partial charge in [-0.3, -0.25) is 9.98 Å². The number of thioether (sulfide) groups is 1. The van der Waals surface area contributed by atoms with E-state index in [9.17, 15) is 0 Å². The number of nitrogens with zero attached hydrogens (tertiary/aromatic N) is 3. The number of aryl methyl sites for hydroxylation is 2. The number of aromatic amines is 1. The highest BCUT2D eigenvalue weighted by molar-refractivity contribution is 8.14. The van der Waals surface area contributed by atoms with Crippen molar-refractivity contribution in [3.63, 3.8) is 0 Å². The van der Waals surface area contributed by atoms with E-state index < -0.39 is 0 Å².